The van der Waals surface area contributed by atoms with Crippen LogP contribution in [0.2, 0.25) is 0 Å². The summed E-state index contributed by atoms with van der Waals surface area (Å²) < 4.78 is 6.53. The fraction of sp³-hybridized carbons (Fsp3) is 0.115. The minimum absolute atomic E-state index is 0.0545. The molecule has 7 heteroatoms. The number of ether oxygens (including phenoxy) is 1. The molecule has 0 saturated heterocycles. The largest absolute Gasteiger partial charge is 0.468 e. The Kier molecular flexibility index (Phi) is 6.33. The van der Waals surface area contributed by atoms with Crippen molar-refractivity contribution in [2.24, 2.45) is 5.10 Å². The van der Waals surface area contributed by atoms with Crippen molar-refractivity contribution in [1.29, 1.82) is 0 Å². The molecule has 7 nitrogen and oxygen atoms in total. The van der Waals surface area contributed by atoms with Crippen molar-refractivity contribution in [3.8, 4) is 0 Å². The van der Waals surface area contributed by atoms with E-state index in [4.69, 9.17) is 4.74 Å². The Labute approximate surface area is 190 Å². The fourth-order valence-corrected chi connectivity index (χ4v) is 3.74. The monoisotopic (exact) mass is 441 g/mol. The molecule has 0 aliphatic carbocycles. The van der Waals surface area contributed by atoms with Gasteiger partial charge in [0.2, 0.25) is 0 Å². The van der Waals surface area contributed by atoms with Gasteiger partial charge in [-0.3, -0.25) is 9.59 Å². The number of benzene rings is 3. The molecule has 4 aromatic rings. The maximum Gasteiger partial charge on any atom is 0.325 e. The van der Waals surface area contributed by atoms with E-state index in [9.17, 15) is 14.7 Å². The maximum atomic E-state index is 13.2. The zero-order chi connectivity index (χ0) is 23.3. The van der Waals surface area contributed by atoms with Crippen LogP contribution in [0.25, 0.3) is 10.9 Å². The number of nitrogens with one attached hydrogen (secondary N) is 1. The Hall–Kier alpha value is -4.23. The maximum absolute atomic E-state index is 13.2. The molecule has 33 heavy (non-hydrogen) atoms. The van der Waals surface area contributed by atoms with Crippen LogP contribution in [-0.2, 0) is 26.5 Å². The van der Waals surface area contributed by atoms with Crippen LogP contribution < -0.4 is 5.43 Å². The lowest BCUT2D eigenvalue weighted by atomic mass is 9.85. The van der Waals surface area contributed by atoms with Gasteiger partial charge in [-0.1, -0.05) is 78.9 Å². The predicted octanol–water partition coefficient (Wildman–Crippen LogP) is 3.20. The van der Waals surface area contributed by atoms with Crippen LogP contribution in [0.3, 0.4) is 0 Å². The molecule has 1 amide bonds. The van der Waals surface area contributed by atoms with Gasteiger partial charge in [-0.15, -0.1) is 0 Å². The van der Waals surface area contributed by atoms with Crippen molar-refractivity contribution < 1.29 is 19.4 Å². The summed E-state index contributed by atoms with van der Waals surface area (Å²) >= 11 is 0. The molecule has 0 unspecified atom stereocenters. The molecule has 4 rings (SSSR count). The SMILES string of the molecule is COC(=O)Cn1cc(/C=N\NC(=O)C(O)(c2ccccc2)c2ccccc2)c2ccccc21. The summed E-state index contributed by atoms with van der Waals surface area (Å²) in [4.78, 5) is 24.9. The number of carbonyl (C=O) groups is 2. The Morgan fingerprint density at radius 1 is 0.970 bits per heavy atom. The second-order valence-corrected chi connectivity index (χ2v) is 7.45. The zero-order valence-electron chi connectivity index (χ0n) is 18.0. The summed E-state index contributed by atoms with van der Waals surface area (Å²) in [5.74, 6) is -1.06. The summed E-state index contributed by atoms with van der Waals surface area (Å²) in [5, 5.41) is 16.4. The highest BCUT2D eigenvalue weighted by atomic mass is 16.5. The highest BCUT2D eigenvalue weighted by molar-refractivity contribution is 6.00. The Morgan fingerprint density at radius 3 is 2.15 bits per heavy atom. The van der Waals surface area contributed by atoms with E-state index in [2.05, 4.69) is 10.5 Å². The van der Waals surface area contributed by atoms with Crippen molar-refractivity contribution in [3.05, 3.63) is 108 Å². The van der Waals surface area contributed by atoms with Crippen LogP contribution in [0.1, 0.15) is 16.7 Å². The summed E-state index contributed by atoms with van der Waals surface area (Å²) in [5.41, 5.74) is 2.96. The Balaban J connectivity index is 1.63. The second kappa shape index (κ2) is 9.50. The van der Waals surface area contributed by atoms with E-state index >= 15 is 0 Å². The number of hydrogen-bond acceptors (Lipinski definition) is 5. The number of carbonyl (C=O) groups excluding carboxylic acids is 2. The quantitative estimate of drug-likeness (QED) is 0.262. The van der Waals surface area contributed by atoms with Gasteiger partial charge < -0.3 is 14.4 Å². The van der Waals surface area contributed by atoms with Gasteiger partial charge in [0, 0.05) is 22.7 Å². The van der Waals surface area contributed by atoms with Crippen LogP contribution in [0.15, 0.2) is 96.2 Å². The van der Waals surface area contributed by atoms with Crippen LogP contribution >= 0.6 is 0 Å². The highest BCUT2D eigenvalue weighted by Gasteiger charge is 2.39. The summed E-state index contributed by atoms with van der Waals surface area (Å²) in [7, 11) is 1.34. The molecule has 1 heterocycles. The van der Waals surface area contributed by atoms with Crippen LogP contribution in [0, 0.1) is 0 Å². The van der Waals surface area contributed by atoms with Gasteiger partial charge >= 0.3 is 5.97 Å². The van der Waals surface area contributed by atoms with E-state index in [1.807, 2.05) is 36.4 Å². The van der Waals surface area contributed by atoms with Crippen molar-refractivity contribution in [3.63, 3.8) is 0 Å². The Morgan fingerprint density at radius 2 is 1.55 bits per heavy atom. The first-order chi connectivity index (χ1) is 16.0. The van der Waals surface area contributed by atoms with Gasteiger partial charge in [-0.25, -0.2) is 5.43 Å². The zero-order valence-corrected chi connectivity index (χ0v) is 18.0. The third kappa shape index (κ3) is 4.40. The Bertz CT molecular complexity index is 1260. The number of hydrogen-bond donors (Lipinski definition) is 2. The topological polar surface area (TPSA) is 92.9 Å². The molecule has 1 aromatic heterocycles. The predicted molar refractivity (Wildman–Crippen MR) is 126 cm³/mol. The highest BCUT2D eigenvalue weighted by Crippen LogP contribution is 2.30. The first-order valence-corrected chi connectivity index (χ1v) is 10.4. The van der Waals surface area contributed by atoms with Gasteiger partial charge in [0.15, 0.2) is 5.60 Å². The molecule has 3 aromatic carbocycles. The van der Waals surface area contributed by atoms with Gasteiger partial charge in [0.05, 0.1) is 13.3 Å². The number of rotatable bonds is 7. The van der Waals surface area contributed by atoms with Crippen LogP contribution in [0.5, 0.6) is 0 Å². The lowest BCUT2D eigenvalue weighted by molar-refractivity contribution is -0.141. The fourth-order valence-electron chi connectivity index (χ4n) is 3.74. The first kappa shape index (κ1) is 22.0. The lowest BCUT2D eigenvalue weighted by Crippen LogP contribution is -2.43. The number of aromatic nitrogens is 1. The third-order valence-electron chi connectivity index (χ3n) is 5.43. The van der Waals surface area contributed by atoms with E-state index in [1.165, 1.54) is 13.3 Å². The van der Waals surface area contributed by atoms with E-state index in [-0.39, 0.29) is 12.5 Å². The molecule has 2 N–H and O–H groups in total. The van der Waals surface area contributed by atoms with Crippen molar-refractivity contribution in [2.75, 3.05) is 7.11 Å². The first-order valence-electron chi connectivity index (χ1n) is 10.4. The molecule has 0 saturated carbocycles. The van der Waals surface area contributed by atoms with Gasteiger partial charge in [0.1, 0.15) is 6.54 Å². The molecule has 0 atom stereocenters. The number of para-hydroxylation sites is 1. The standard InChI is InChI=1S/C26H23N3O4/c1-33-24(30)18-29-17-19(22-14-8-9-15-23(22)29)16-27-28-25(31)26(32,20-10-4-2-5-11-20)21-12-6-3-7-13-21/h2-17,32H,18H2,1H3,(H,28,31)/b27-16-. The van der Waals surface area contributed by atoms with E-state index < -0.39 is 11.5 Å². The average Bonchev–Trinajstić information content (AvgIpc) is 3.21. The molecule has 166 valence electrons. The van der Waals surface area contributed by atoms with Crippen molar-refractivity contribution in [1.82, 2.24) is 9.99 Å². The van der Waals surface area contributed by atoms with Gasteiger partial charge in [-0.2, -0.15) is 5.10 Å². The molecule has 0 radical (unpaired) electrons. The molecule has 0 bridgehead atoms. The molecule has 0 aliphatic rings. The second-order valence-electron chi connectivity index (χ2n) is 7.45. The number of aliphatic hydroxyl groups is 1. The van der Waals surface area contributed by atoms with E-state index in [1.54, 1.807) is 59.3 Å². The van der Waals surface area contributed by atoms with Crippen LogP contribution in [-0.4, -0.2) is 34.9 Å². The van der Waals surface area contributed by atoms with E-state index in [0.29, 0.717) is 16.7 Å². The number of esters is 1. The molecule has 0 aliphatic heterocycles. The lowest BCUT2D eigenvalue weighted by Gasteiger charge is -2.27. The molecule has 0 fully saturated rings. The summed E-state index contributed by atoms with van der Waals surface area (Å²) in [6, 6.07) is 25.0. The summed E-state index contributed by atoms with van der Waals surface area (Å²) in [6.45, 7) is 0.0545. The average molecular weight is 441 g/mol. The van der Waals surface area contributed by atoms with Crippen LogP contribution in [0.4, 0.5) is 0 Å². The summed E-state index contributed by atoms with van der Waals surface area (Å²) in [6.07, 6.45) is 3.25. The normalized spacial score (nSPS) is 11.6. The minimum Gasteiger partial charge on any atom is -0.468 e. The smallest absolute Gasteiger partial charge is 0.325 e. The van der Waals surface area contributed by atoms with Crippen molar-refractivity contribution >= 4 is 29.0 Å². The number of methoxy groups -OCH3 is 1. The third-order valence-corrected chi connectivity index (χ3v) is 5.43. The molecular formula is C26H23N3O4. The van der Waals surface area contributed by atoms with Gasteiger partial charge in [-0.05, 0) is 17.2 Å². The van der Waals surface area contributed by atoms with Gasteiger partial charge in [0.25, 0.3) is 5.91 Å². The number of fused-ring (bicyclic) bond motifs is 1. The molecular weight excluding hydrogens is 418 g/mol. The number of nitrogens with zero attached hydrogens (tertiary/aromatic N) is 2. The van der Waals surface area contributed by atoms with Crippen molar-refractivity contribution in [2.45, 2.75) is 12.1 Å². The number of amides is 1. The van der Waals surface area contributed by atoms with E-state index in [0.717, 1.165) is 10.9 Å². The number of hydrazone groups is 1. The minimum atomic E-state index is -1.92. The molecule has 0 spiro atoms.